The fourth-order valence-corrected chi connectivity index (χ4v) is 10.5. The van der Waals surface area contributed by atoms with Crippen molar-refractivity contribution in [1.82, 2.24) is 9.88 Å². The topological polar surface area (TPSA) is 54.5 Å². The molecule has 4 bridgehead atoms. The lowest BCUT2D eigenvalue weighted by Gasteiger charge is -2.57. The Hall–Kier alpha value is -3.08. The van der Waals surface area contributed by atoms with Crippen molar-refractivity contribution in [2.24, 2.45) is 17.8 Å². The quantitative estimate of drug-likeness (QED) is 0.195. The van der Waals surface area contributed by atoms with Gasteiger partial charge in [0.25, 0.3) is 5.91 Å². The molecular weight excluding hydrogens is 603 g/mol. The summed E-state index contributed by atoms with van der Waals surface area (Å²) < 4.78 is 5.65. The fraction of sp³-hybridized carbons (Fsp3) is 0.538. The van der Waals surface area contributed by atoms with Crippen LogP contribution in [0.4, 0.5) is 5.69 Å². The molecule has 5 nitrogen and oxygen atoms in total. The summed E-state index contributed by atoms with van der Waals surface area (Å²) in [5, 5.41) is 6.70. The van der Waals surface area contributed by atoms with E-state index in [1.165, 1.54) is 66.7 Å². The number of nitrogens with one attached hydrogen (secondary N) is 1. The second-order valence-electron chi connectivity index (χ2n) is 15.7. The number of carbonyl (C=O) groups excluding carboxylic acids is 1. The van der Waals surface area contributed by atoms with Crippen molar-refractivity contribution in [1.29, 1.82) is 0 Å². The van der Waals surface area contributed by atoms with Gasteiger partial charge in [-0.25, -0.2) is 4.98 Å². The molecule has 2 aromatic carbocycles. The number of benzene rings is 2. The van der Waals surface area contributed by atoms with Crippen molar-refractivity contribution in [2.45, 2.75) is 108 Å². The van der Waals surface area contributed by atoms with E-state index in [2.05, 4.69) is 84.6 Å². The molecule has 242 valence electrons. The Morgan fingerprint density at radius 3 is 2.39 bits per heavy atom. The van der Waals surface area contributed by atoms with Gasteiger partial charge in [-0.3, -0.25) is 4.79 Å². The summed E-state index contributed by atoms with van der Waals surface area (Å²) >= 11 is 1.48. The number of fused-ring (bicyclic) bond motifs is 1. The molecule has 1 aliphatic heterocycles. The number of methoxy groups -OCH3 is 1. The maximum Gasteiger partial charge on any atom is 0.274 e. The molecule has 2 heterocycles. The van der Waals surface area contributed by atoms with Crippen LogP contribution in [0.5, 0.6) is 5.75 Å². The Bertz CT molecular complexity index is 1610. The van der Waals surface area contributed by atoms with E-state index in [-0.39, 0.29) is 23.5 Å². The summed E-state index contributed by atoms with van der Waals surface area (Å²) in [5.74, 6) is 6.85. The first-order chi connectivity index (χ1) is 22.1. The molecule has 7 heteroatoms. The van der Waals surface area contributed by atoms with Crippen LogP contribution in [-0.2, 0) is 6.42 Å². The third-order valence-electron chi connectivity index (χ3n) is 10.8. The molecule has 3 aromatic rings. The molecular formula is C39H49N3O2SSi. The van der Waals surface area contributed by atoms with Gasteiger partial charge in [-0.05, 0) is 116 Å². The van der Waals surface area contributed by atoms with Gasteiger partial charge in [-0.1, -0.05) is 57.6 Å². The van der Waals surface area contributed by atoms with Gasteiger partial charge in [-0.15, -0.1) is 16.9 Å². The number of aromatic nitrogens is 1. The second kappa shape index (κ2) is 12.5. The Morgan fingerprint density at radius 1 is 1.07 bits per heavy atom. The maximum absolute atomic E-state index is 14.6. The third kappa shape index (κ3) is 6.40. The molecule has 5 aliphatic rings. The summed E-state index contributed by atoms with van der Waals surface area (Å²) in [7, 11) is 0.177. The molecule has 0 unspecified atom stereocenters. The lowest BCUT2D eigenvalue weighted by molar-refractivity contribution is 0.0107. The predicted octanol–water partition coefficient (Wildman–Crippen LogP) is 9.11. The highest BCUT2D eigenvalue weighted by atomic mass is 32.1. The first kappa shape index (κ1) is 31.5. The highest BCUT2D eigenvalue weighted by Crippen LogP contribution is 2.56. The Morgan fingerprint density at radius 2 is 1.76 bits per heavy atom. The highest BCUT2D eigenvalue weighted by Gasteiger charge is 2.51. The summed E-state index contributed by atoms with van der Waals surface area (Å²) in [6, 6.07) is 15.3. The molecule has 4 saturated carbocycles. The van der Waals surface area contributed by atoms with Crippen molar-refractivity contribution < 1.29 is 9.53 Å². The van der Waals surface area contributed by atoms with Crippen LogP contribution < -0.4 is 10.1 Å². The lowest BCUT2D eigenvalue weighted by atomic mass is 9.53. The summed E-state index contributed by atoms with van der Waals surface area (Å²) in [5.41, 5.74) is 8.98. The minimum Gasteiger partial charge on any atom is -0.497 e. The van der Waals surface area contributed by atoms with Crippen molar-refractivity contribution in [3.8, 4) is 17.2 Å². The van der Waals surface area contributed by atoms with Crippen LogP contribution in [0.15, 0.2) is 47.8 Å². The van der Waals surface area contributed by atoms with Gasteiger partial charge in [0, 0.05) is 22.6 Å². The first-order valence-corrected chi connectivity index (χ1v) is 21.9. The standard InChI is InChI=1S/C39H49N3O2SSi/c1-6-7-8-32-20-30-21-33(44-2)13-14-34(30)37(42(32)38(43)35-25-45-36(40-35)15-16-46(3,4)5)29-9-11-31(12-10-29)41-39-22-26-17-27(23-39)19-28(18-26)24-39/h9-14,21,25-28,32,37,41H,6-8,17-20,22-24H2,1-5H3/t26?,27?,28?,32-,37-,39?/m0/s1. The molecule has 1 amide bonds. The minimum atomic E-state index is -1.55. The lowest BCUT2D eigenvalue weighted by Crippen LogP contribution is -2.54. The molecule has 0 radical (unpaired) electrons. The average molecular weight is 652 g/mol. The summed E-state index contributed by atoms with van der Waals surface area (Å²) in [4.78, 5) is 21.5. The van der Waals surface area contributed by atoms with Gasteiger partial charge >= 0.3 is 0 Å². The number of thiazole rings is 1. The number of rotatable bonds is 8. The molecule has 4 fully saturated rings. The fourth-order valence-electron chi connectivity index (χ4n) is 9.29. The van der Waals surface area contributed by atoms with Crippen LogP contribution in [0.25, 0.3) is 0 Å². The van der Waals surface area contributed by atoms with E-state index >= 15 is 0 Å². The molecule has 1 N–H and O–H groups in total. The molecule has 1 aromatic heterocycles. The van der Waals surface area contributed by atoms with E-state index in [0.29, 0.717) is 5.69 Å². The maximum atomic E-state index is 14.6. The predicted molar refractivity (Wildman–Crippen MR) is 191 cm³/mol. The number of nitrogens with zero attached hydrogens (tertiary/aromatic N) is 2. The monoisotopic (exact) mass is 651 g/mol. The van der Waals surface area contributed by atoms with Crippen LogP contribution in [-0.4, -0.2) is 42.6 Å². The molecule has 46 heavy (non-hydrogen) atoms. The number of carbonyl (C=O) groups is 1. The SMILES string of the molecule is CCCC[C@H]1Cc2cc(OC)ccc2[C@H](c2ccc(NC34CC5CC(CC(C5)C3)C4)cc2)N1C(=O)c1csc(C#C[Si](C)(C)C)n1. The molecule has 8 rings (SSSR count). The van der Waals surface area contributed by atoms with Crippen LogP contribution in [0.1, 0.15) is 103 Å². The second-order valence-corrected chi connectivity index (χ2v) is 21.3. The van der Waals surface area contributed by atoms with E-state index in [0.717, 1.165) is 59.8 Å². The average Bonchev–Trinajstić information content (AvgIpc) is 3.50. The van der Waals surface area contributed by atoms with Crippen molar-refractivity contribution >= 4 is 31.0 Å². The highest BCUT2D eigenvalue weighted by molar-refractivity contribution is 7.10. The number of unbranched alkanes of at least 4 members (excludes halogenated alkanes) is 1. The smallest absolute Gasteiger partial charge is 0.274 e. The van der Waals surface area contributed by atoms with Gasteiger partial charge < -0.3 is 15.0 Å². The molecule has 0 spiro atoms. The van der Waals surface area contributed by atoms with Crippen molar-refractivity contribution in [2.75, 3.05) is 12.4 Å². The minimum absolute atomic E-state index is 0.000596. The number of amides is 1. The van der Waals surface area contributed by atoms with Gasteiger partial charge in [0.1, 0.15) is 19.5 Å². The largest absolute Gasteiger partial charge is 0.497 e. The van der Waals surface area contributed by atoms with Gasteiger partial charge in [0.15, 0.2) is 5.01 Å². The number of hydrogen-bond acceptors (Lipinski definition) is 5. The van der Waals surface area contributed by atoms with E-state index in [1.54, 1.807) is 7.11 Å². The Labute approximate surface area is 280 Å². The van der Waals surface area contributed by atoms with Crippen LogP contribution in [0.2, 0.25) is 19.6 Å². The van der Waals surface area contributed by atoms with Crippen molar-refractivity contribution in [3.05, 3.63) is 75.2 Å². The zero-order valence-electron chi connectivity index (χ0n) is 28.2. The molecule has 0 saturated heterocycles. The van der Waals surface area contributed by atoms with E-state index in [9.17, 15) is 4.79 Å². The zero-order chi connectivity index (χ0) is 32.1. The van der Waals surface area contributed by atoms with Crippen LogP contribution in [0, 0.1) is 29.2 Å². The van der Waals surface area contributed by atoms with E-state index in [4.69, 9.17) is 9.72 Å². The molecule has 4 aliphatic carbocycles. The summed E-state index contributed by atoms with van der Waals surface area (Å²) in [6.07, 6.45) is 12.2. The van der Waals surface area contributed by atoms with Gasteiger partial charge in [-0.2, -0.15) is 0 Å². The van der Waals surface area contributed by atoms with Gasteiger partial charge in [0.05, 0.1) is 13.2 Å². The van der Waals surface area contributed by atoms with Crippen molar-refractivity contribution in [3.63, 3.8) is 0 Å². The van der Waals surface area contributed by atoms with Gasteiger partial charge in [0.2, 0.25) is 0 Å². The number of ether oxygens (including phenoxy) is 1. The van der Waals surface area contributed by atoms with Crippen LogP contribution >= 0.6 is 11.3 Å². The Balaban J connectivity index is 1.23. The first-order valence-electron chi connectivity index (χ1n) is 17.5. The van der Waals surface area contributed by atoms with Crippen LogP contribution in [0.3, 0.4) is 0 Å². The van der Waals surface area contributed by atoms with E-state index < -0.39 is 8.07 Å². The molecule has 2 atom stereocenters. The number of anilines is 1. The number of hydrogen-bond donors (Lipinski definition) is 1. The normalized spacial score (nSPS) is 27.9. The third-order valence-corrected chi connectivity index (χ3v) is 12.5. The summed E-state index contributed by atoms with van der Waals surface area (Å²) in [6.45, 7) is 8.91. The zero-order valence-corrected chi connectivity index (χ0v) is 30.0. The Kier molecular flexibility index (Phi) is 8.57. The van der Waals surface area contributed by atoms with E-state index in [1.807, 2.05) is 11.4 Å².